The molecule has 0 spiro atoms. The van der Waals surface area contributed by atoms with Gasteiger partial charge in [0.25, 0.3) is 0 Å². The summed E-state index contributed by atoms with van der Waals surface area (Å²) >= 11 is 0. The summed E-state index contributed by atoms with van der Waals surface area (Å²) in [6.45, 7) is 1.69. The lowest BCUT2D eigenvalue weighted by Crippen LogP contribution is -2.39. The topological polar surface area (TPSA) is 55.7 Å². The second-order valence-electron chi connectivity index (χ2n) is 3.50. The first-order valence-corrected chi connectivity index (χ1v) is 4.67. The minimum absolute atomic E-state index is 0.0262. The van der Waals surface area contributed by atoms with Crippen LogP contribution in [0.15, 0.2) is 12.1 Å². The molecule has 0 saturated heterocycles. The molecule has 4 heteroatoms. The van der Waals surface area contributed by atoms with Gasteiger partial charge in [0, 0.05) is 13.1 Å². The first kappa shape index (κ1) is 9.30. The van der Waals surface area contributed by atoms with Gasteiger partial charge in [-0.05, 0) is 36.7 Å². The number of nitrogens with one attached hydrogen (secondary N) is 1. The lowest BCUT2D eigenvalue weighted by atomic mass is 10.00. The molecular formula is C10H14N2O2. The fourth-order valence-electron chi connectivity index (χ4n) is 1.77. The van der Waals surface area contributed by atoms with Crippen LogP contribution in [0.2, 0.25) is 0 Å². The molecule has 76 valence electrons. The molecule has 14 heavy (non-hydrogen) atoms. The highest BCUT2D eigenvalue weighted by Crippen LogP contribution is 2.30. The highest BCUT2D eigenvalue weighted by atomic mass is 16.3. The molecule has 0 radical (unpaired) electrons. The maximum absolute atomic E-state index is 9.35. The van der Waals surface area contributed by atoms with Crippen LogP contribution < -0.4 is 5.43 Å². The number of fused-ring (bicyclic) bond motifs is 1. The maximum atomic E-state index is 9.35. The number of nitrogens with zero attached hydrogens (tertiary/aromatic N) is 1. The number of benzene rings is 1. The quantitative estimate of drug-likeness (QED) is 0.573. The van der Waals surface area contributed by atoms with Crippen molar-refractivity contribution in [2.24, 2.45) is 0 Å². The van der Waals surface area contributed by atoms with Crippen LogP contribution in [0.25, 0.3) is 0 Å². The zero-order valence-electron chi connectivity index (χ0n) is 8.12. The van der Waals surface area contributed by atoms with E-state index in [1.165, 1.54) is 0 Å². The molecular weight excluding hydrogens is 180 g/mol. The van der Waals surface area contributed by atoms with Crippen molar-refractivity contribution < 1.29 is 10.2 Å². The summed E-state index contributed by atoms with van der Waals surface area (Å²) in [4.78, 5) is 0. The second-order valence-corrected chi connectivity index (χ2v) is 3.50. The van der Waals surface area contributed by atoms with E-state index in [1.54, 1.807) is 12.1 Å². The summed E-state index contributed by atoms with van der Waals surface area (Å²) in [6.07, 6.45) is 0.893. The van der Waals surface area contributed by atoms with Crippen molar-refractivity contribution in [2.45, 2.75) is 13.0 Å². The third-order valence-corrected chi connectivity index (χ3v) is 2.63. The van der Waals surface area contributed by atoms with Crippen LogP contribution in [-0.4, -0.2) is 28.8 Å². The van der Waals surface area contributed by atoms with Gasteiger partial charge in [-0.15, -0.1) is 0 Å². The Bertz CT molecular complexity index is 352. The zero-order valence-corrected chi connectivity index (χ0v) is 8.12. The first-order chi connectivity index (χ1) is 6.70. The molecule has 1 aliphatic rings. The van der Waals surface area contributed by atoms with Crippen LogP contribution in [0.3, 0.4) is 0 Å². The fraction of sp³-hybridized carbons (Fsp3) is 0.400. The summed E-state index contributed by atoms with van der Waals surface area (Å²) in [5.74, 6) is -0.0663. The summed E-state index contributed by atoms with van der Waals surface area (Å²) in [5, 5.41) is 20.7. The molecule has 0 amide bonds. The van der Waals surface area contributed by atoms with E-state index in [2.05, 4.69) is 10.4 Å². The van der Waals surface area contributed by atoms with Crippen molar-refractivity contribution in [3.05, 3.63) is 23.3 Å². The Labute approximate surface area is 82.8 Å². The van der Waals surface area contributed by atoms with E-state index in [1.807, 2.05) is 7.05 Å². The molecule has 4 nitrogen and oxygen atoms in total. The van der Waals surface area contributed by atoms with Crippen molar-refractivity contribution in [2.75, 3.05) is 13.6 Å². The molecule has 3 N–H and O–H groups in total. The van der Waals surface area contributed by atoms with E-state index >= 15 is 0 Å². The molecule has 0 aromatic heterocycles. The van der Waals surface area contributed by atoms with E-state index in [0.717, 1.165) is 30.6 Å². The van der Waals surface area contributed by atoms with Gasteiger partial charge in [0.15, 0.2) is 11.5 Å². The van der Waals surface area contributed by atoms with Gasteiger partial charge in [-0.1, -0.05) is 0 Å². The van der Waals surface area contributed by atoms with Crippen LogP contribution in [0.4, 0.5) is 0 Å². The molecule has 1 aromatic carbocycles. The monoisotopic (exact) mass is 194 g/mol. The summed E-state index contributed by atoms with van der Waals surface area (Å²) in [5.41, 5.74) is 5.26. The molecule has 2 rings (SSSR count). The Morgan fingerprint density at radius 3 is 2.50 bits per heavy atom. The van der Waals surface area contributed by atoms with Crippen LogP contribution in [0.5, 0.6) is 11.5 Å². The fourth-order valence-corrected chi connectivity index (χ4v) is 1.77. The number of aromatic hydroxyl groups is 2. The summed E-state index contributed by atoms with van der Waals surface area (Å²) < 4.78 is 0. The van der Waals surface area contributed by atoms with E-state index < -0.39 is 0 Å². The van der Waals surface area contributed by atoms with E-state index in [0.29, 0.717) is 0 Å². The Morgan fingerprint density at radius 1 is 1.21 bits per heavy atom. The van der Waals surface area contributed by atoms with E-state index in [4.69, 9.17) is 0 Å². The molecule has 0 atom stereocenters. The summed E-state index contributed by atoms with van der Waals surface area (Å²) in [7, 11) is 1.88. The lowest BCUT2D eigenvalue weighted by molar-refractivity contribution is 0.188. The largest absolute Gasteiger partial charge is 0.504 e. The first-order valence-electron chi connectivity index (χ1n) is 4.67. The standard InChI is InChI=1S/C10H14N2O2/c1-11-12-3-2-7-4-9(13)10(14)5-8(7)6-12/h4-5,11,13-14H,2-3,6H2,1H3. The molecule has 0 bridgehead atoms. The van der Waals surface area contributed by atoms with Crippen LogP contribution in [0.1, 0.15) is 11.1 Å². The van der Waals surface area contributed by atoms with Gasteiger partial charge in [-0.3, -0.25) is 5.43 Å². The average molecular weight is 194 g/mol. The molecule has 0 fully saturated rings. The van der Waals surface area contributed by atoms with Gasteiger partial charge in [0.1, 0.15) is 0 Å². The van der Waals surface area contributed by atoms with Gasteiger partial charge in [0.2, 0.25) is 0 Å². The van der Waals surface area contributed by atoms with Crippen LogP contribution in [-0.2, 0) is 13.0 Å². The van der Waals surface area contributed by atoms with Gasteiger partial charge in [0.05, 0.1) is 0 Å². The predicted octanol–water partition coefficient (Wildman–Crippen LogP) is 0.590. The number of rotatable bonds is 1. The van der Waals surface area contributed by atoms with Gasteiger partial charge < -0.3 is 10.2 Å². The van der Waals surface area contributed by atoms with Crippen molar-refractivity contribution in [1.29, 1.82) is 0 Å². The summed E-state index contributed by atoms with van der Waals surface area (Å²) in [6, 6.07) is 3.28. The maximum Gasteiger partial charge on any atom is 0.157 e. The smallest absolute Gasteiger partial charge is 0.157 e. The molecule has 0 saturated carbocycles. The van der Waals surface area contributed by atoms with Crippen LogP contribution in [0, 0.1) is 0 Å². The number of phenols is 2. The molecule has 0 aliphatic carbocycles. The van der Waals surface area contributed by atoms with E-state index in [9.17, 15) is 10.2 Å². The highest BCUT2D eigenvalue weighted by Gasteiger charge is 2.16. The Morgan fingerprint density at radius 2 is 1.86 bits per heavy atom. The minimum atomic E-state index is -0.0401. The Balaban J connectivity index is 2.33. The predicted molar refractivity (Wildman–Crippen MR) is 52.9 cm³/mol. The third kappa shape index (κ3) is 1.54. The van der Waals surface area contributed by atoms with Crippen molar-refractivity contribution in [3.63, 3.8) is 0 Å². The van der Waals surface area contributed by atoms with E-state index in [-0.39, 0.29) is 11.5 Å². The lowest BCUT2D eigenvalue weighted by Gasteiger charge is -2.27. The number of hydrogen-bond donors (Lipinski definition) is 3. The van der Waals surface area contributed by atoms with Crippen molar-refractivity contribution in [1.82, 2.24) is 10.4 Å². The molecule has 1 heterocycles. The number of hydrazine groups is 1. The minimum Gasteiger partial charge on any atom is -0.504 e. The van der Waals surface area contributed by atoms with Crippen molar-refractivity contribution >= 4 is 0 Å². The number of hydrogen-bond acceptors (Lipinski definition) is 4. The molecule has 0 unspecified atom stereocenters. The van der Waals surface area contributed by atoms with Gasteiger partial charge in [-0.25, -0.2) is 5.01 Å². The zero-order chi connectivity index (χ0) is 10.1. The Kier molecular flexibility index (Phi) is 2.31. The third-order valence-electron chi connectivity index (χ3n) is 2.63. The van der Waals surface area contributed by atoms with Crippen LogP contribution >= 0.6 is 0 Å². The van der Waals surface area contributed by atoms with Crippen molar-refractivity contribution in [3.8, 4) is 11.5 Å². The second kappa shape index (κ2) is 3.48. The highest BCUT2D eigenvalue weighted by molar-refractivity contribution is 5.46. The normalized spacial score (nSPS) is 16.6. The van der Waals surface area contributed by atoms with Gasteiger partial charge >= 0.3 is 0 Å². The van der Waals surface area contributed by atoms with Gasteiger partial charge in [-0.2, -0.15) is 0 Å². The number of phenolic OH excluding ortho intramolecular Hbond substituents is 2. The molecule has 1 aromatic rings. The SMILES string of the molecule is CNN1CCc2cc(O)c(O)cc2C1. The Hall–Kier alpha value is -1.26. The average Bonchev–Trinajstić information content (AvgIpc) is 2.19. The molecule has 1 aliphatic heterocycles.